The summed E-state index contributed by atoms with van der Waals surface area (Å²) < 4.78 is 2.34. The van der Waals surface area contributed by atoms with E-state index in [0.29, 0.717) is 12.0 Å². The van der Waals surface area contributed by atoms with Gasteiger partial charge in [-0.05, 0) is 30.7 Å². The van der Waals surface area contributed by atoms with Crippen LogP contribution in [0.2, 0.25) is 0 Å². The molecule has 0 spiro atoms. The van der Waals surface area contributed by atoms with Gasteiger partial charge in [0.05, 0.1) is 6.33 Å². The fourth-order valence-corrected chi connectivity index (χ4v) is 4.67. The molecule has 1 aromatic heterocycles. The molecule has 0 amide bonds. The standard InChI is InChI=1S/C27H44N2/c1-3-5-6-7-8-9-10-11-12-13-17-20-26(23-25-18-15-14-16-19-25)27(4-2)29-22-21-28-24-29/h14-16,18-19,21-22,24,26-27H,3-13,17,20,23H2,1-2H3. The summed E-state index contributed by atoms with van der Waals surface area (Å²) in [6, 6.07) is 11.6. The lowest BCUT2D eigenvalue weighted by molar-refractivity contribution is 0.290. The van der Waals surface area contributed by atoms with Crippen molar-refractivity contribution in [3.05, 3.63) is 54.6 Å². The first-order chi connectivity index (χ1) is 14.3. The van der Waals surface area contributed by atoms with E-state index < -0.39 is 0 Å². The SMILES string of the molecule is CCCCCCCCCCCCCC(Cc1ccccc1)C(CC)n1ccnc1. The zero-order valence-corrected chi connectivity index (χ0v) is 19.1. The number of imidazole rings is 1. The molecule has 0 aliphatic carbocycles. The Kier molecular flexibility index (Phi) is 12.5. The number of benzene rings is 1. The molecular formula is C27H44N2. The van der Waals surface area contributed by atoms with E-state index in [1.54, 1.807) is 0 Å². The van der Waals surface area contributed by atoms with Crippen LogP contribution in [0.3, 0.4) is 0 Å². The molecule has 0 bridgehead atoms. The van der Waals surface area contributed by atoms with Gasteiger partial charge in [0.25, 0.3) is 0 Å². The molecule has 1 heterocycles. The number of rotatable bonds is 17. The van der Waals surface area contributed by atoms with Gasteiger partial charge in [-0.1, -0.05) is 115 Å². The highest BCUT2D eigenvalue weighted by molar-refractivity contribution is 5.15. The Balaban J connectivity index is 1.71. The molecule has 2 atom stereocenters. The summed E-state index contributed by atoms with van der Waals surface area (Å²) in [6.45, 7) is 4.62. The minimum atomic E-state index is 0.556. The van der Waals surface area contributed by atoms with Crippen molar-refractivity contribution in [3.63, 3.8) is 0 Å². The number of aromatic nitrogens is 2. The van der Waals surface area contributed by atoms with Crippen LogP contribution in [-0.4, -0.2) is 9.55 Å². The molecule has 2 rings (SSSR count). The Morgan fingerprint density at radius 3 is 1.97 bits per heavy atom. The van der Waals surface area contributed by atoms with Gasteiger partial charge in [0.2, 0.25) is 0 Å². The second-order valence-electron chi connectivity index (χ2n) is 8.76. The van der Waals surface area contributed by atoms with Gasteiger partial charge in [0.1, 0.15) is 0 Å². The van der Waals surface area contributed by atoms with Gasteiger partial charge in [-0.15, -0.1) is 0 Å². The maximum absolute atomic E-state index is 4.31. The topological polar surface area (TPSA) is 17.8 Å². The molecule has 2 nitrogen and oxygen atoms in total. The third-order valence-corrected chi connectivity index (χ3v) is 6.39. The van der Waals surface area contributed by atoms with Gasteiger partial charge in [-0.3, -0.25) is 0 Å². The monoisotopic (exact) mass is 396 g/mol. The van der Waals surface area contributed by atoms with E-state index in [1.807, 2.05) is 12.5 Å². The number of hydrogen-bond acceptors (Lipinski definition) is 1. The largest absolute Gasteiger partial charge is 0.334 e. The van der Waals surface area contributed by atoms with E-state index in [2.05, 4.69) is 59.9 Å². The zero-order chi connectivity index (χ0) is 20.6. The van der Waals surface area contributed by atoms with Crippen LogP contribution in [0, 0.1) is 5.92 Å². The van der Waals surface area contributed by atoms with E-state index in [1.165, 1.54) is 95.5 Å². The van der Waals surface area contributed by atoms with E-state index in [0.717, 1.165) is 0 Å². The second kappa shape index (κ2) is 15.3. The highest BCUT2D eigenvalue weighted by Crippen LogP contribution is 2.30. The Bertz CT molecular complexity index is 590. The van der Waals surface area contributed by atoms with Crippen LogP contribution in [-0.2, 0) is 6.42 Å². The highest BCUT2D eigenvalue weighted by atomic mass is 15.1. The molecule has 0 N–H and O–H groups in total. The summed E-state index contributed by atoms with van der Waals surface area (Å²) in [4.78, 5) is 4.31. The first-order valence-corrected chi connectivity index (χ1v) is 12.4. The van der Waals surface area contributed by atoms with Gasteiger partial charge in [0, 0.05) is 18.4 Å². The van der Waals surface area contributed by atoms with Crippen molar-refractivity contribution in [1.82, 2.24) is 9.55 Å². The lowest BCUT2D eigenvalue weighted by Gasteiger charge is -2.28. The normalized spacial score (nSPS) is 13.4. The summed E-state index contributed by atoms with van der Waals surface area (Å²) in [5, 5.41) is 0. The van der Waals surface area contributed by atoms with Crippen LogP contribution in [0.1, 0.15) is 109 Å². The molecule has 2 aromatic rings. The molecule has 0 radical (unpaired) electrons. The quantitative estimate of drug-likeness (QED) is 0.245. The second-order valence-corrected chi connectivity index (χ2v) is 8.76. The average molecular weight is 397 g/mol. The van der Waals surface area contributed by atoms with Crippen LogP contribution in [0.5, 0.6) is 0 Å². The fraction of sp³-hybridized carbons (Fsp3) is 0.667. The predicted molar refractivity (Wildman–Crippen MR) is 126 cm³/mol. The molecule has 0 saturated carbocycles. The van der Waals surface area contributed by atoms with Crippen molar-refractivity contribution >= 4 is 0 Å². The van der Waals surface area contributed by atoms with Crippen LogP contribution >= 0.6 is 0 Å². The lowest BCUT2D eigenvalue weighted by Crippen LogP contribution is -2.20. The molecule has 0 saturated heterocycles. The molecule has 1 aromatic carbocycles. The van der Waals surface area contributed by atoms with Gasteiger partial charge >= 0.3 is 0 Å². The Morgan fingerprint density at radius 2 is 1.41 bits per heavy atom. The van der Waals surface area contributed by atoms with Crippen molar-refractivity contribution in [2.24, 2.45) is 5.92 Å². The minimum absolute atomic E-state index is 0.556. The van der Waals surface area contributed by atoms with Crippen molar-refractivity contribution in [2.75, 3.05) is 0 Å². The molecular weight excluding hydrogens is 352 g/mol. The fourth-order valence-electron chi connectivity index (χ4n) is 4.67. The molecule has 0 fully saturated rings. The third kappa shape index (κ3) is 9.65. The van der Waals surface area contributed by atoms with E-state index in [4.69, 9.17) is 0 Å². The first-order valence-electron chi connectivity index (χ1n) is 12.4. The van der Waals surface area contributed by atoms with E-state index in [9.17, 15) is 0 Å². The zero-order valence-electron chi connectivity index (χ0n) is 19.1. The van der Waals surface area contributed by atoms with Crippen molar-refractivity contribution in [3.8, 4) is 0 Å². The van der Waals surface area contributed by atoms with Crippen molar-refractivity contribution in [1.29, 1.82) is 0 Å². The Hall–Kier alpha value is -1.57. The first kappa shape index (κ1) is 23.7. The van der Waals surface area contributed by atoms with Crippen molar-refractivity contribution < 1.29 is 0 Å². The summed E-state index contributed by atoms with van der Waals surface area (Å²) in [5.41, 5.74) is 1.47. The molecule has 2 heteroatoms. The highest BCUT2D eigenvalue weighted by Gasteiger charge is 2.21. The Labute approximate surface area is 180 Å². The number of hydrogen-bond donors (Lipinski definition) is 0. The van der Waals surface area contributed by atoms with E-state index in [-0.39, 0.29) is 0 Å². The number of unbranched alkanes of at least 4 members (excludes halogenated alkanes) is 10. The lowest BCUT2D eigenvalue weighted by atomic mass is 9.86. The predicted octanol–water partition coefficient (Wildman–Crippen LogP) is 8.39. The smallest absolute Gasteiger partial charge is 0.0948 e. The minimum Gasteiger partial charge on any atom is -0.334 e. The summed E-state index contributed by atoms with van der Waals surface area (Å²) in [7, 11) is 0. The maximum atomic E-state index is 4.31. The van der Waals surface area contributed by atoms with Crippen LogP contribution in [0.4, 0.5) is 0 Å². The molecule has 0 aliphatic rings. The van der Waals surface area contributed by atoms with Gasteiger partial charge in [0.15, 0.2) is 0 Å². The van der Waals surface area contributed by atoms with E-state index >= 15 is 0 Å². The maximum Gasteiger partial charge on any atom is 0.0948 e. The molecule has 2 unspecified atom stereocenters. The Morgan fingerprint density at radius 1 is 0.793 bits per heavy atom. The van der Waals surface area contributed by atoms with Crippen molar-refractivity contribution in [2.45, 2.75) is 110 Å². The summed E-state index contributed by atoms with van der Waals surface area (Å²) in [5.74, 6) is 0.690. The van der Waals surface area contributed by atoms with Crippen LogP contribution < -0.4 is 0 Å². The van der Waals surface area contributed by atoms with Crippen LogP contribution in [0.15, 0.2) is 49.1 Å². The van der Waals surface area contributed by atoms with Crippen LogP contribution in [0.25, 0.3) is 0 Å². The summed E-state index contributed by atoms with van der Waals surface area (Å²) >= 11 is 0. The molecule has 0 aliphatic heterocycles. The van der Waals surface area contributed by atoms with Gasteiger partial charge in [-0.25, -0.2) is 4.98 Å². The molecule has 29 heavy (non-hydrogen) atoms. The van der Waals surface area contributed by atoms with Gasteiger partial charge < -0.3 is 4.57 Å². The number of nitrogens with zero attached hydrogens (tertiary/aromatic N) is 2. The molecule has 162 valence electrons. The average Bonchev–Trinajstić information content (AvgIpc) is 3.27. The summed E-state index contributed by atoms with van der Waals surface area (Å²) in [6.07, 6.45) is 25.3. The van der Waals surface area contributed by atoms with Gasteiger partial charge in [-0.2, -0.15) is 0 Å². The third-order valence-electron chi connectivity index (χ3n) is 6.39.